The van der Waals surface area contributed by atoms with Gasteiger partial charge in [0.1, 0.15) is 6.33 Å². The molecule has 2 aromatic rings. The molecule has 2 heterocycles. The molecule has 0 spiro atoms. The van der Waals surface area contributed by atoms with Crippen molar-refractivity contribution < 1.29 is 9.90 Å². The highest BCUT2D eigenvalue weighted by Crippen LogP contribution is 2.06. The molecule has 0 aliphatic rings. The van der Waals surface area contributed by atoms with E-state index >= 15 is 0 Å². The Hall–Kier alpha value is -1.91. The summed E-state index contributed by atoms with van der Waals surface area (Å²) in [6, 6.07) is 0. The van der Waals surface area contributed by atoms with Crippen LogP contribution in [0.3, 0.4) is 0 Å². The van der Waals surface area contributed by atoms with E-state index in [1.807, 2.05) is 0 Å². The largest absolute Gasteiger partial charge is 0.476 e. The maximum Gasteiger partial charge on any atom is 0.356 e. The first-order chi connectivity index (χ1) is 5.79. The molecule has 60 valence electrons. The van der Waals surface area contributed by atoms with Crippen molar-refractivity contribution in [3.8, 4) is 0 Å². The number of fused-ring (bicyclic) bond motifs is 1. The molecule has 0 aliphatic carbocycles. The second-order valence-electron chi connectivity index (χ2n) is 2.27. The van der Waals surface area contributed by atoms with Gasteiger partial charge < -0.3 is 9.51 Å². The molecule has 0 radical (unpaired) electrons. The predicted octanol–water partition coefficient (Wildman–Crippen LogP) is 0.427. The van der Waals surface area contributed by atoms with Crippen molar-refractivity contribution in [1.82, 2.24) is 14.4 Å². The number of carboxylic acids is 1. The number of imidazole rings is 1. The quantitative estimate of drug-likeness (QED) is 0.661. The number of aromatic carboxylic acids is 1. The number of rotatable bonds is 1. The van der Waals surface area contributed by atoms with Gasteiger partial charge in [-0.3, -0.25) is 4.98 Å². The van der Waals surface area contributed by atoms with Gasteiger partial charge in [0.25, 0.3) is 0 Å². The van der Waals surface area contributed by atoms with Gasteiger partial charge in [0.15, 0.2) is 5.69 Å². The van der Waals surface area contributed by atoms with Gasteiger partial charge >= 0.3 is 5.97 Å². The smallest absolute Gasteiger partial charge is 0.356 e. The molecule has 0 unspecified atom stereocenters. The lowest BCUT2D eigenvalue weighted by atomic mass is 10.4. The second kappa shape index (κ2) is 2.30. The Kier molecular flexibility index (Phi) is 1.30. The molecule has 0 aliphatic heterocycles. The topological polar surface area (TPSA) is 67.5 Å². The van der Waals surface area contributed by atoms with Crippen molar-refractivity contribution in [1.29, 1.82) is 0 Å². The summed E-state index contributed by atoms with van der Waals surface area (Å²) < 4.78 is 1.61. The maximum atomic E-state index is 10.6. The Labute approximate surface area is 67.3 Å². The van der Waals surface area contributed by atoms with E-state index in [0.29, 0.717) is 5.52 Å². The highest BCUT2D eigenvalue weighted by molar-refractivity contribution is 5.93. The maximum absolute atomic E-state index is 10.6. The molecule has 12 heavy (non-hydrogen) atoms. The summed E-state index contributed by atoms with van der Waals surface area (Å²) in [5.41, 5.74) is 0.535. The predicted molar refractivity (Wildman–Crippen MR) is 39.9 cm³/mol. The lowest BCUT2D eigenvalue weighted by Crippen LogP contribution is -1.97. The number of hydrogen-bond acceptors (Lipinski definition) is 3. The van der Waals surface area contributed by atoms with E-state index in [1.165, 1.54) is 12.5 Å². The third-order valence-electron chi connectivity index (χ3n) is 1.54. The molecular weight excluding hydrogens is 158 g/mol. The fraction of sp³-hybridized carbons (Fsp3) is 0. The third kappa shape index (κ3) is 0.833. The molecule has 5 heteroatoms. The summed E-state index contributed by atoms with van der Waals surface area (Å²) in [4.78, 5) is 18.1. The van der Waals surface area contributed by atoms with Crippen molar-refractivity contribution >= 4 is 11.5 Å². The highest BCUT2D eigenvalue weighted by Gasteiger charge is 2.10. The SMILES string of the molecule is O=C(O)c1ncn2ccncc12. The normalized spacial score (nSPS) is 10.3. The standard InChI is InChI=1S/C7H5N3O2/c11-7(12)6-5-3-8-1-2-10(5)4-9-6/h1-4H,(H,11,12). The minimum Gasteiger partial charge on any atom is -0.476 e. The van der Waals surface area contributed by atoms with Crippen LogP contribution in [-0.4, -0.2) is 25.4 Å². The zero-order valence-corrected chi connectivity index (χ0v) is 6.01. The molecule has 2 aromatic heterocycles. The first-order valence-electron chi connectivity index (χ1n) is 3.29. The van der Waals surface area contributed by atoms with E-state index in [0.717, 1.165) is 0 Å². The summed E-state index contributed by atoms with van der Waals surface area (Å²) >= 11 is 0. The number of nitrogens with zero attached hydrogens (tertiary/aromatic N) is 3. The minimum absolute atomic E-state index is 0.0306. The van der Waals surface area contributed by atoms with Gasteiger partial charge in [0.05, 0.1) is 11.7 Å². The molecule has 0 saturated carbocycles. The lowest BCUT2D eigenvalue weighted by Gasteiger charge is -1.90. The summed E-state index contributed by atoms with van der Waals surface area (Å²) in [6.45, 7) is 0. The van der Waals surface area contributed by atoms with E-state index in [-0.39, 0.29) is 5.69 Å². The zero-order chi connectivity index (χ0) is 8.55. The molecule has 0 amide bonds. The lowest BCUT2D eigenvalue weighted by molar-refractivity contribution is 0.0693. The van der Waals surface area contributed by atoms with Crippen LogP contribution in [0.2, 0.25) is 0 Å². The molecule has 0 aromatic carbocycles. The highest BCUT2D eigenvalue weighted by atomic mass is 16.4. The van der Waals surface area contributed by atoms with E-state index < -0.39 is 5.97 Å². The Bertz CT molecular complexity index is 435. The molecule has 5 nitrogen and oxygen atoms in total. The van der Waals surface area contributed by atoms with Crippen molar-refractivity contribution in [2.24, 2.45) is 0 Å². The van der Waals surface area contributed by atoms with Gasteiger partial charge in [0.2, 0.25) is 0 Å². The summed E-state index contributed by atoms with van der Waals surface area (Å²) in [5, 5.41) is 8.67. The van der Waals surface area contributed by atoms with Gasteiger partial charge in [-0.05, 0) is 0 Å². The van der Waals surface area contributed by atoms with Crippen LogP contribution in [0.15, 0.2) is 24.9 Å². The number of carbonyl (C=O) groups is 1. The molecule has 0 atom stereocenters. The van der Waals surface area contributed by atoms with Gasteiger partial charge in [-0.2, -0.15) is 0 Å². The summed E-state index contributed by atoms with van der Waals surface area (Å²) in [6.07, 6.45) is 6.13. The van der Waals surface area contributed by atoms with Crippen LogP contribution in [0.25, 0.3) is 5.52 Å². The van der Waals surface area contributed by atoms with Crippen LogP contribution in [0.4, 0.5) is 0 Å². The average molecular weight is 163 g/mol. The van der Waals surface area contributed by atoms with Gasteiger partial charge in [-0.15, -0.1) is 0 Å². The van der Waals surface area contributed by atoms with Crippen molar-refractivity contribution in [3.63, 3.8) is 0 Å². The molecule has 0 fully saturated rings. The first kappa shape index (κ1) is 6.78. The van der Waals surface area contributed by atoms with E-state index in [2.05, 4.69) is 9.97 Å². The van der Waals surface area contributed by atoms with Crippen molar-refractivity contribution in [2.75, 3.05) is 0 Å². The molecule has 1 N–H and O–H groups in total. The molecule has 0 saturated heterocycles. The van der Waals surface area contributed by atoms with E-state index in [9.17, 15) is 4.79 Å². The number of aromatic nitrogens is 3. The Balaban J connectivity index is 2.79. The van der Waals surface area contributed by atoms with Crippen LogP contribution in [0.1, 0.15) is 10.5 Å². The molecule has 2 rings (SSSR count). The second-order valence-corrected chi connectivity index (χ2v) is 2.27. The zero-order valence-electron chi connectivity index (χ0n) is 6.01. The van der Waals surface area contributed by atoms with Crippen LogP contribution < -0.4 is 0 Å². The van der Waals surface area contributed by atoms with E-state index in [1.54, 1.807) is 16.8 Å². The Morgan fingerprint density at radius 2 is 2.42 bits per heavy atom. The van der Waals surface area contributed by atoms with Crippen molar-refractivity contribution in [3.05, 3.63) is 30.6 Å². The van der Waals surface area contributed by atoms with Crippen LogP contribution in [0.5, 0.6) is 0 Å². The summed E-state index contributed by atoms with van der Waals surface area (Å²) in [5.74, 6) is -1.04. The molecular formula is C7H5N3O2. The van der Waals surface area contributed by atoms with Crippen LogP contribution >= 0.6 is 0 Å². The molecule has 0 bridgehead atoms. The van der Waals surface area contributed by atoms with Crippen molar-refractivity contribution in [2.45, 2.75) is 0 Å². The first-order valence-corrected chi connectivity index (χ1v) is 3.29. The van der Waals surface area contributed by atoms with Crippen LogP contribution in [-0.2, 0) is 0 Å². The van der Waals surface area contributed by atoms with Crippen LogP contribution in [0, 0.1) is 0 Å². The minimum atomic E-state index is -1.04. The average Bonchev–Trinajstić information content (AvgIpc) is 2.47. The Morgan fingerprint density at radius 1 is 1.58 bits per heavy atom. The van der Waals surface area contributed by atoms with E-state index in [4.69, 9.17) is 5.11 Å². The van der Waals surface area contributed by atoms with Gasteiger partial charge in [-0.25, -0.2) is 9.78 Å². The fourth-order valence-corrected chi connectivity index (χ4v) is 1.01. The monoisotopic (exact) mass is 163 g/mol. The summed E-state index contributed by atoms with van der Waals surface area (Å²) in [7, 11) is 0. The number of carboxylic acid groups (broad SMARTS) is 1. The number of hydrogen-bond donors (Lipinski definition) is 1. The third-order valence-corrected chi connectivity index (χ3v) is 1.54. The van der Waals surface area contributed by atoms with Gasteiger partial charge in [0, 0.05) is 12.4 Å². The fourth-order valence-electron chi connectivity index (χ4n) is 1.01. The van der Waals surface area contributed by atoms with Gasteiger partial charge in [-0.1, -0.05) is 0 Å². The Morgan fingerprint density at radius 3 is 3.17 bits per heavy atom.